The number of hydrogen-bond acceptors (Lipinski definition) is 3. The quantitative estimate of drug-likeness (QED) is 0.700. The third-order valence-corrected chi connectivity index (χ3v) is 6.81. The molecule has 0 aliphatic heterocycles. The molecule has 4 rings (SSSR count). The minimum atomic E-state index is -0.972. The van der Waals surface area contributed by atoms with Crippen LogP contribution >= 0.6 is 0 Å². The Morgan fingerprint density at radius 1 is 1.18 bits per heavy atom. The lowest BCUT2D eigenvalue weighted by molar-refractivity contribution is -0.139. The van der Waals surface area contributed by atoms with Gasteiger partial charge in [0.1, 0.15) is 5.78 Å². The Labute approximate surface area is 130 Å². The van der Waals surface area contributed by atoms with Gasteiger partial charge in [-0.15, -0.1) is 0 Å². The second-order valence-electron chi connectivity index (χ2n) is 7.78. The van der Waals surface area contributed by atoms with Gasteiger partial charge in [0.15, 0.2) is 5.78 Å². The fourth-order valence-corrected chi connectivity index (χ4v) is 5.08. The van der Waals surface area contributed by atoms with Gasteiger partial charge in [0, 0.05) is 24.2 Å². The Balaban J connectivity index is 1.88. The third-order valence-electron chi connectivity index (χ3n) is 6.81. The predicted octanol–water partition coefficient (Wildman–Crippen LogP) is 2.90. The third kappa shape index (κ3) is 1.45. The molecule has 0 unspecified atom stereocenters. The second-order valence-corrected chi connectivity index (χ2v) is 7.78. The van der Waals surface area contributed by atoms with Crippen molar-refractivity contribution in [2.45, 2.75) is 51.6 Å². The molecule has 0 radical (unpaired) electrons. The van der Waals surface area contributed by atoms with E-state index in [4.69, 9.17) is 0 Å². The molecule has 4 aliphatic rings. The van der Waals surface area contributed by atoms with Crippen molar-refractivity contribution in [3.8, 4) is 0 Å². The molecule has 1 N–H and O–H groups in total. The lowest BCUT2D eigenvalue weighted by Gasteiger charge is -2.53. The summed E-state index contributed by atoms with van der Waals surface area (Å²) in [5.74, 6) is 0.267. The molecule has 3 heteroatoms. The maximum Gasteiger partial charge on any atom is 0.156 e. The van der Waals surface area contributed by atoms with Crippen LogP contribution in [0.3, 0.4) is 0 Å². The molecule has 22 heavy (non-hydrogen) atoms. The first-order valence-electron chi connectivity index (χ1n) is 8.21. The Hall–Kier alpha value is -1.48. The van der Waals surface area contributed by atoms with Crippen LogP contribution in [0.2, 0.25) is 0 Å². The van der Waals surface area contributed by atoms with E-state index in [-0.39, 0.29) is 22.9 Å². The highest BCUT2D eigenvalue weighted by Crippen LogP contribution is 2.61. The number of Topliss-reactive ketones (excluding diaryl/α,β-unsaturated/α-hetero) is 1. The van der Waals surface area contributed by atoms with Crippen LogP contribution in [0, 0.1) is 16.7 Å². The monoisotopic (exact) mass is 298 g/mol. The number of carbonyl (C=O) groups is 2. The lowest BCUT2D eigenvalue weighted by atomic mass is 9.52. The van der Waals surface area contributed by atoms with Gasteiger partial charge in [-0.25, -0.2) is 0 Å². The highest BCUT2D eigenvalue weighted by molar-refractivity contribution is 5.93. The van der Waals surface area contributed by atoms with Crippen molar-refractivity contribution in [1.29, 1.82) is 0 Å². The van der Waals surface area contributed by atoms with Crippen molar-refractivity contribution in [2.24, 2.45) is 16.7 Å². The zero-order chi connectivity index (χ0) is 15.8. The van der Waals surface area contributed by atoms with Crippen molar-refractivity contribution in [3.63, 3.8) is 0 Å². The molecule has 0 aromatic carbocycles. The standard InChI is InChI=1S/C19H22O3/c1-17-8-5-13(20)11-12(17)3-4-15-14(17)6-9-18(2)16(21)7-10-19(15,18)22/h3-4,6,11,15,22H,5,7-10H2,1-2H3/t15-,17+,18-,19-/m1/s1. The first-order valence-corrected chi connectivity index (χ1v) is 8.21. The van der Waals surface area contributed by atoms with Crippen molar-refractivity contribution >= 4 is 11.6 Å². The summed E-state index contributed by atoms with van der Waals surface area (Å²) in [4.78, 5) is 24.1. The van der Waals surface area contributed by atoms with Gasteiger partial charge in [-0.3, -0.25) is 9.59 Å². The van der Waals surface area contributed by atoms with Crippen molar-refractivity contribution in [2.75, 3.05) is 0 Å². The van der Waals surface area contributed by atoms with Gasteiger partial charge in [0.2, 0.25) is 0 Å². The zero-order valence-electron chi connectivity index (χ0n) is 13.2. The van der Waals surface area contributed by atoms with Gasteiger partial charge in [0.05, 0.1) is 11.0 Å². The fraction of sp³-hybridized carbons (Fsp3) is 0.579. The lowest BCUT2D eigenvalue weighted by Crippen LogP contribution is -2.55. The van der Waals surface area contributed by atoms with Crippen LogP contribution in [0.15, 0.2) is 35.5 Å². The second kappa shape index (κ2) is 4.08. The Morgan fingerprint density at radius 2 is 1.95 bits per heavy atom. The molecule has 0 aromatic heterocycles. The molecule has 116 valence electrons. The maximum atomic E-state index is 12.3. The van der Waals surface area contributed by atoms with Gasteiger partial charge in [-0.05, 0) is 37.8 Å². The summed E-state index contributed by atoms with van der Waals surface area (Å²) in [7, 11) is 0. The van der Waals surface area contributed by atoms with Crippen LogP contribution in [0.1, 0.15) is 46.0 Å². The number of fused-ring (bicyclic) bond motifs is 5. The summed E-state index contributed by atoms with van der Waals surface area (Å²) >= 11 is 0. The highest BCUT2D eigenvalue weighted by atomic mass is 16.3. The molecule has 3 nitrogen and oxygen atoms in total. The van der Waals surface area contributed by atoms with E-state index in [1.54, 1.807) is 6.08 Å². The van der Waals surface area contributed by atoms with E-state index in [1.165, 1.54) is 5.57 Å². The molecular weight excluding hydrogens is 276 g/mol. The average Bonchev–Trinajstić information content (AvgIpc) is 2.72. The summed E-state index contributed by atoms with van der Waals surface area (Å²) in [5.41, 5.74) is 0.468. The number of ketones is 2. The van der Waals surface area contributed by atoms with Crippen LogP contribution < -0.4 is 0 Å². The number of allylic oxidation sites excluding steroid dienone is 4. The van der Waals surface area contributed by atoms with Crippen LogP contribution in [0.4, 0.5) is 0 Å². The normalized spacial score (nSPS) is 46.6. The largest absolute Gasteiger partial charge is 0.388 e. The minimum Gasteiger partial charge on any atom is -0.388 e. The molecule has 0 amide bonds. The van der Waals surface area contributed by atoms with E-state index < -0.39 is 11.0 Å². The molecule has 1 saturated carbocycles. The molecule has 0 saturated heterocycles. The van der Waals surface area contributed by atoms with Gasteiger partial charge in [-0.2, -0.15) is 0 Å². The summed E-state index contributed by atoms with van der Waals surface area (Å²) in [6.45, 7) is 4.10. The molecular formula is C19H22O3. The number of rotatable bonds is 0. The molecule has 0 spiro atoms. The van der Waals surface area contributed by atoms with E-state index in [2.05, 4.69) is 13.0 Å². The Kier molecular flexibility index (Phi) is 2.62. The van der Waals surface area contributed by atoms with Gasteiger partial charge in [-0.1, -0.05) is 30.7 Å². The fourth-order valence-electron chi connectivity index (χ4n) is 5.08. The van der Waals surface area contributed by atoms with E-state index in [1.807, 2.05) is 19.1 Å². The SMILES string of the molecule is C[C@]12CCC(=O)C=C1C=C[C@@H]1C2=CC[C@]2(C)C(=O)CC[C@@]12O. The molecule has 1 fully saturated rings. The van der Waals surface area contributed by atoms with E-state index in [0.29, 0.717) is 25.7 Å². The van der Waals surface area contributed by atoms with Gasteiger partial charge < -0.3 is 5.11 Å². The van der Waals surface area contributed by atoms with Crippen LogP contribution in [-0.2, 0) is 9.59 Å². The maximum absolute atomic E-state index is 12.3. The molecule has 4 atom stereocenters. The minimum absolute atomic E-state index is 0.104. The van der Waals surface area contributed by atoms with Crippen molar-refractivity contribution < 1.29 is 14.7 Å². The average molecular weight is 298 g/mol. The van der Waals surface area contributed by atoms with E-state index in [0.717, 1.165) is 12.0 Å². The van der Waals surface area contributed by atoms with Gasteiger partial charge >= 0.3 is 0 Å². The summed E-state index contributed by atoms with van der Waals surface area (Å²) in [6.07, 6.45) is 10.9. The summed E-state index contributed by atoms with van der Waals surface area (Å²) in [5, 5.41) is 11.4. The van der Waals surface area contributed by atoms with Crippen LogP contribution in [-0.4, -0.2) is 22.3 Å². The van der Waals surface area contributed by atoms with Crippen LogP contribution in [0.25, 0.3) is 0 Å². The highest BCUT2D eigenvalue weighted by Gasteiger charge is 2.63. The predicted molar refractivity (Wildman–Crippen MR) is 83.1 cm³/mol. The van der Waals surface area contributed by atoms with Crippen molar-refractivity contribution in [3.05, 3.63) is 35.5 Å². The molecule has 0 bridgehead atoms. The zero-order valence-corrected chi connectivity index (χ0v) is 13.2. The summed E-state index contributed by atoms with van der Waals surface area (Å²) in [6, 6.07) is 0. The van der Waals surface area contributed by atoms with E-state index in [9.17, 15) is 14.7 Å². The number of carbonyl (C=O) groups excluding carboxylic acids is 2. The Morgan fingerprint density at radius 3 is 2.73 bits per heavy atom. The first kappa shape index (κ1) is 14.1. The summed E-state index contributed by atoms with van der Waals surface area (Å²) < 4.78 is 0. The molecule has 4 aliphatic carbocycles. The van der Waals surface area contributed by atoms with Crippen LogP contribution in [0.5, 0.6) is 0 Å². The smallest absolute Gasteiger partial charge is 0.156 e. The first-order chi connectivity index (χ1) is 10.3. The van der Waals surface area contributed by atoms with Gasteiger partial charge in [0.25, 0.3) is 0 Å². The topological polar surface area (TPSA) is 54.4 Å². The molecule has 0 heterocycles. The Bertz CT molecular complexity index is 683. The number of aliphatic hydroxyl groups is 1. The van der Waals surface area contributed by atoms with Crippen molar-refractivity contribution in [1.82, 2.24) is 0 Å². The number of hydrogen-bond donors (Lipinski definition) is 1. The van der Waals surface area contributed by atoms with E-state index >= 15 is 0 Å². The molecule has 0 aromatic rings.